The van der Waals surface area contributed by atoms with Gasteiger partial charge in [-0.05, 0) is 55.3 Å². The molecule has 1 aliphatic carbocycles. The van der Waals surface area contributed by atoms with Crippen LogP contribution in [0.25, 0.3) is 0 Å². The minimum atomic E-state index is -0.0274. The van der Waals surface area contributed by atoms with Crippen molar-refractivity contribution in [1.82, 2.24) is 9.97 Å². The highest BCUT2D eigenvalue weighted by molar-refractivity contribution is 5.93. The molecule has 0 unspecified atom stereocenters. The molecule has 1 saturated carbocycles. The van der Waals surface area contributed by atoms with E-state index in [-0.39, 0.29) is 29.6 Å². The zero-order valence-electron chi connectivity index (χ0n) is 18.2. The molecule has 3 aliphatic rings. The molecular formula is C26H23N3O4. The lowest BCUT2D eigenvalue weighted by Gasteiger charge is -2.19. The maximum atomic E-state index is 12.6. The number of amides is 1. The molecule has 7 nitrogen and oxygen atoms in total. The summed E-state index contributed by atoms with van der Waals surface area (Å²) < 4.78 is 12.3. The number of ketones is 1. The van der Waals surface area contributed by atoms with Gasteiger partial charge in [0.05, 0.1) is 0 Å². The van der Waals surface area contributed by atoms with Crippen LogP contribution < -0.4 is 14.8 Å². The Morgan fingerprint density at radius 1 is 1.15 bits per heavy atom. The van der Waals surface area contributed by atoms with Gasteiger partial charge in [-0.2, -0.15) is 0 Å². The normalized spacial score (nSPS) is 21.8. The number of aryl methyl sites for hydroxylation is 1. The molecule has 4 heterocycles. The van der Waals surface area contributed by atoms with Crippen LogP contribution in [0.4, 0.5) is 5.82 Å². The van der Waals surface area contributed by atoms with Crippen molar-refractivity contribution in [2.45, 2.75) is 44.6 Å². The third kappa shape index (κ3) is 3.73. The average Bonchev–Trinajstić information content (AvgIpc) is 3.30. The number of ether oxygens (including phenoxy) is 2. The Morgan fingerprint density at radius 3 is 2.91 bits per heavy atom. The fourth-order valence-corrected chi connectivity index (χ4v) is 4.97. The van der Waals surface area contributed by atoms with E-state index in [0.29, 0.717) is 43.0 Å². The molecule has 2 aliphatic heterocycles. The first-order valence-corrected chi connectivity index (χ1v) is 11.2. The van der Waals surface area contributed by atoms with Crippen LogP contribution in [0, 0.1) is 12.8 Å². The Morgan fingerprint density at radius 2 is 2.03 bits per heavy atom. The highest BCUT2D eigenvalue weighted by Gasteiger charge is 2.59. The molecule has 0 bridgehead atoms. The zero-order chi connectivity index (χ0) is 22.5. The molecule has 6 rings (SSSR count). The number of carbonyl (C=O) groups excluding carboxylic acids is 2. The first-order valence-electron chi connectivity index (χ1n) is 11.2. The molecule has 1 fully saturated rings. The molecule has 1 aromatic carbocycles. The number of aromatic nitrogens is 2. The van der Waals surface area contributed by atoms with Gasteiger partial charge >= 0.3 is 0 Å². The molecule has 0 spiro atoms. The van der Waals surface area contributed by atoms with Crippen LogP contribution in [0.3, 0.4) is 0 Å². The molecule has 33 heavy (non-hydrogen) atoms. The quantitative estimate of drug-likeness (QED) is 0.618. The number of hydrogen-bond acceptors (Lipinski definition) is 6. The standard InChI is InChI=1S/C26H23N3O4/c1-14-6-8-27-15(10-14)11-16(30)12-20-24-19-13-17(2-4-21(19)33-25(20)24)32-22-7-9-28-26-18(22)3-5-23(31)29-26/h2,4,6-10,13,20,24-25H,3,5,11-12H2,1H3,(H,28,29,31)/t20-,24-,25+/m0/s1. The lowest BCUT2D eigenvalue weighted by atomic mass is 10.0. The molecule has 3 aromatic rings. The monoisotopic (exact) mass is 441 g/mol. The highest BCUT2D eigenvalue weighted by Crippen LogP contribution is 2.60. The predicted molar refractivity (Wildman–Crippen MR) is 121 cm³/mol. The minimum absolute atomic E-state index is 0.0274. The zero-order valence-corrected chi connectivity index (χ0v) is 18.2. The number of carbonyl (C=O) groups is 2. The second-order valence-corrected chi connectivity index (χ2v) is 9.00. The predicted octanol–water partition coefficient (Wildman–Crippen LogP) is 4.14. The van der Waals surface area contributed by atoms with Crippen molar-refractivity contribution in [3.63, 3.8) is 0 Å². The summed E-state index contributed by atoms with van der Waals surface area (Å²) in [5, 5.41) is 2.80. The second-order valence-electron chi connectivity index (χ2n) is 9.00. The summed E-state index contributed by atoms with van der Waals surface area (Å²) in [5.74, 6) is 3.43. The lowest BCUT2D eigenvalue weighted by Crippen LogP contribution is -2.20. The van der Waals surface area contributed by atoms with Crippen molar-refractivity contribution in [1.29, 1.82) is 0 Å². The smallest absolute Gasteiger partial charge is 0.225 e. The summed E-state index contributed by atoms with van der Waals surface area (Å²) in [6, 6.07) is 11.6. The summed E-state index contributed by atoms with van der Waals surface area (Å²) in [6.45, 7) is 2.00. The SMILES string of the molecule is Cc1ccnc(CC(=O)C[C@@H]2[C@H]3Oc4ccc(Oc5ccnc6c5CCC(=O)N6)cc4[C@@H]23)c1. The van der Waals surface area contributed by atoms with Crippen LogP contribution in [0.15, 0.2) is 48.8 Å². The van der Waals surface area contributed by atoms with Gasteiger partial charge in [0.25, 0.3) is 0 Å². The van der Waals surface area contributed by atoms with Crippen LogP contribution in [0.2, 0.25) is 0 Å². The molecule has 0 saturated heterocycles. The molecule has 1 N–H and O–H groups in total. The van der Waals surface area contributed by atoms with Crippen molar-refractivity contribution < 1.29 is 19.1 Å². The number of nitrogens with zero attached hydrogens (tertiary/aromatic N) is 2. The Balaban J connectivity index is 1.15. The summed E-state index contributed by atoms with van der Waals surface area (Å²) in [6.07, 6.45) is 5.32. The third-order valence-electron chi connectivity index (χ3n) is 6.61. The van der Waals surface area contributed by atoms with Gasteiger partial charge in [-0.3, -0.25) is 14.6 Å². The number of benzene rings is 1. The van der Waals surface area contributed by atoms with Gasteiger partial charge < -0.3 is 14.8 Å². The van der Waals surface area contributed by atoms with Crippen LogP contribution in [-0.4, -0.2) is 27.8 Å². The van der Waals surface area contributed by atoms with Crippen molar-refractivity contribution >= 4 is 17.5 Å². The molecule has 166 valence electrons. The molecule has 3 atom stereocenters. The third-order valence-corrected chi connectivity index (χ3v) is 6.61. The van der Waals surface area contributed by atoms with Crippen LogP contribution in [0.1, 0.15) is 41.1 Å². The Hall–Kier alpha value is -3.74. The van der Waals surface area contributed by atoms with E-state index < -0.39 is 0 Å². The van der Waals surface area contributed by atoms with Gasteiger partial charge in [-0.25, -0.2) is 4.98 Å². The van der Waals surface area contributed by atoms with Gasteiger partial charge in [0.1, 0.15) is 35.0 Å². The fourth-order valence-electron chi connectivity index (χ4n) is 4.97. The number of nitrogens with one attached hydrogen (secondary N) is 1. The Kier molecular flexibility index (Phi) is 4.64. The maximum absolute atomic E-state index is 12.6. The van der Waals surface area contributed by atoms with E-state index in [1.807, 2.05) is 43.3 Å². The van der Waals surface area contributed by atoms with Crippen molar-refractivity contribution in [3.8, 4) is 17.2 Å². The van der Waals surface area contributed by atoms with E-state index >= 15 is 0 Å². The average molecular weight is 441 g/mol. The number of rotatable bonds is 6. The highest BCUT2D eigenvalue weighted by atomic mass is 16.5. The van der Waals surface area contributed by atoms with Gasteiger partial charge in [-0.1, -0.05) is 0 Å². The molecule has 1 amide bonds. The molecule has 7 heteroatoms. The van der Waals surface area contributed by atoms with Crippen LogP contribution >= 0.6 is 0 Å². The summed E-state index contributed by atoms with van der Waals surface area (Å²) in [7, 11) is 0. The van der Waals surface area contributed by atoms with Crippen LogP contribution in [-0.2, 0) is 22.4 Å². The molecular weight excluding hydrogens is 418 g/mol. The molecule has 0 radical (unpaired) electrons. The summed E-state index contributed by atoms with van der Waals surface area (Å²) in [5.41, 5.74) is 3.94. The first-order chi connectivity index (χ1) is 16.0. The Bertz CT molecular complexity index is 1290. The van der Waals surface area contributed by atoms with E-state index in [4.69, 9.17) is 9.47 Å². The first kappa shape index (κ1) is 19.9. The number of Topliss-reactive ketones (excluding diaryl/α,β-unsaturated/α-hetero) is 1. The van der Waals surface area contributed by atoms with E-state index in [2.05, 4.69) is 15.3 Å². The van der Waals surface area contributed by atoms with E-state index in [0.717, 1.165) is 28.1 Å². The largest absolute Gasteiger partial charge is 0.489 e. The maximum Gasteiger partial charge on any atom is 0.225 e. The van der Waals surface area contributed by atoms with Crippen molar-refractivity contribution in [2.24, 2.45) is 5.92 Å². The topological polar surface area (TPSA) is 90.4 Å². The number of pyridine rings is 2. The van der Waals surface area contributed by atoms with E-state index in [1.165, 1.54) is 0 Å². The van der Waals surface area contributed by atoms with E-state index in [9.17, 15) is 9.59 Å². The van der Waals surface area contributed by atoms with Crippen LogP contribution in [0.5, 0.6) is 17.2 Å². The van der Waals surface area contributed by atoms with Crippen molar-refractivity contribution in [2.75, 3.05) is 5.32 Å². The summed E-state index contributed by atoms with van der Waals surface area (Å²) >= 11 is 0. The number of hydrogen-bond donors (Lipinski definition) is 1. The van der Waals surface area contributed by atoms with Gasteiger partial charge in [-0.15, -0.1) is 0 Å². The van der Waals surface area contributed by atoms with Gasteiger partial charge in [0, 0.05) is 60.3 Å². The summed E-state index contributed by atoms with van der Waals surface area (Å²) in [4.78, 5) is 32.8. The molecule has 2 aromatic heterocycles. The van der Waals surface area contributed by atoms with Crippen molar-refractivity contribution in [3.05, 3.63) is 71.2 Å². The number of fused-ring (bicyclic) bond motifs is 4. The fraction of sp³-hybridized carbons (Fsp3) is 0.308. The Labute approximate surface area is 191 Å². The van der Waals surface area contributed by atoms with E-state index in [1.54, 1.807) is 12.4 Å². The lowest BCUT2D eigenvalue weighted by molar-refractivity contribution is -0.119. The second kappa shape index (κ2) is 7.69. The minimum Gasteiger partial charge on any atom is -0.489 e. The van der Waals surface area contributed by atoms with Gasteiger partial charge in [0.2, 0.25) is 5.91 Å². The number of anilines is 1. The van der Waals surface area contributed by atoms with Gasteiger partial charge in [0.15, 0.2) is 0 Å².